The third kappa shape index (κ3) is 2.77. The number of rotatable bonds is 3. The van der Waals surface area contributed by atoms with Gasteiger partial charge in [-0.3, -0.25) is 0 Å². The van der Waals surface area contributed by atoms with Crippen LogP contribution in [-0.4, -0.2) is 5.75 Å². The quantitative estimate of drug-likeness (QED) is 0.515. The first-order chi connectivity index (χ1) is 6.16. The van der Waals surface area contributed by atoms with Gasteiger partial charge >= 0.3 is 0 Å². The third-order valence-corrected chi connectivity index (χ3v) is 3.41. The van der Waals surface area contributed by atoms with Gasteiger partial charge in [-0.2, -0.15) is 12.6 Å². The van der Waals surface area contributed by atoms with E-state index in [1.54, 1.807) is 5.57 Å². The summed E-state index contributed by atoms with van der Waals surface area (Å²) in [4.78, 5) is 0. The molecule has 0 aromatic heterocycles. The van der Waals surface area contributed by atoms with Crippen molar-refractivity contribution >= 4 is 12.6 Å². The molecule has 0 spiro atoms. The molecular formula is C12H22S. The van der Waals surface area contributed by atoms with Crippen LogP contribution in [0.3, 0.4) is 0 Å². The molecule has 0 N–H and O–H groups in total. The van der Waals surface area contributed by atoms with Crippen molar-refractivity contribution in [3.05, 3.63) is 11.6 Å². The topological polar surface area (TPSA) is 0 Å². The van der Waals surface area contributed by atoms with E-state index in [0.717, 1.165) is 23.5 Å². The van der Waals surface area contributed by atoms with Crippen molar-refractivity contribution < 1.29 is 0 Å². The van der Waals surface area contributed by atoms with Gasteiger partial charge in [0.15, 0.2) is 0 Å². The zero-order valence-electron chi connectivity index (χ0n) is 9.09. The molecule has 1 aliphatic carbocycles. The highest BCUT2D eigenvalue weighted by atomic mass is 32.1. The fraction of sp³-hybridized carbons (Fsp3) is 0.833. The molecule has 13 heavy (non-hydrogen) atoms. The zero-order chi connectivity index (χ0) is 9.84. The average Bonchev–Trinajstić information content (AvgIpc) is 2.04. The number of hydrogen-bond donors (Lipinski definition) is 1. The van der Waals surface area contributed by atoms with Gasteiger partial charge in [0, 0.05) is 0 Å². The van der Waals surface area contributed by atoms with Gasteiger partial charge in [-0.15, -0.1) is 0 Å². The minimum Gasteiger partial charge on any atom is -0.179 e. The van der Waals surface area contributed by atoms with Crippen molar-refractivity contribution in [2.75, 3.05) is 5.75 Å². The Balaban J connectivity index is 2.71. The first-order valence-corrected chi connectivity index (χ1v) is 6.09. The molecule has 0 aromatic rings. The van der Waals surface area contributed by atoms with Gasteiger partial charge in [0.25, 0.3) is 0 Å². The molecular weight excluding hydrogens is 176 g/mol. The van der Waals surface area contributed by atoms with E-state index in [9.17, 15) is 0 Å². The van der Waals surface area contributed by atoms with Gasteiger partial charge in [-0.25, -0.2) is 0 Å². The lowest BCUT2D eigenvalue weighted by molar-refractivity contribution is 0.283. The molecule has 0 amide bonds. The molecule has 0 bridgehead atoms. The number of hydrogen-bond acceptors (Lipinski definition) is 1. The predicted molar refractivity (Wildman–Crippen MR) is 63.3 cm³/mol. The van der Waals surface area contributed by atoms with Gasteiger partial charge in [-0.05, 0) is 42.8 Å². The fourth-order valence-corrected chi connectivity index (χ4v) is 2.95. The molecule has 1 rings (SSSR count). The van der Waals surface area contributed by atoms with Crippen molar-refractivity contribution in [2.45, 2.75) is 40.0 Å². The summed E-state index contributed by atoms with van der Waals surface area (Å²) in [5, 5.41) is 0. The summed E-state index contributed by atoms with van der Waals surface area (Å²) >= 11 is 4.33. The lowest BCUT2D eigenvalue weighted by Gasteiger charge is -2.33. The number of thiol groups is 1. The van der Waals surface area contributed by atoms with Crippen LogP contribution in [0.1, 0.15) is 40.0 Å². The Morgan fingerprint density at radius 3 is 2.77 bits per heavy atom. The van der Waals surface area contributed by atoms with E-state index in [-0.39, 0.29) is 0 Å². The van der Waals surface area contributed by atoms with Crippen LogP contribution >= 0.6 is 12.6 Å². The Hall–Kier alpha value is 0.0900. The Bertz CT molecular complexity index is 182. The molecule has 0 aromatic carbocycles. The first-order valence-electron chi connectivity index (χ1n) is 5.46. The molecule has 1 unspecified atom stereocenters. The van der Waals surface area contributed by atoms with Crippen molar-refractivity contribution in [1.82, 2.24) is 0 Å². The molecule has 0 nitrogen and oxygen atoms in total. The monoisotopic (exact) mass is 198 g/mol. The highest BCUT2D eigenvalue weighted by molar-refractivity contribution is 7.80. The standard InChI is InChI=1S/C12H22S/c1-9(2)12-10(3)5-4-6-11(12)7-8-13/h6,9-10,12-13H,4-5,7-8H2,1-3H3/t10?,12-/m0/s1. The van der Waals surface area contributed by atoms with Gasteiger partial charge < -0.3 is 0 Å². The summed E-state index contributed by atoms with van der Waals surface area (Å²) in [6, 6.07) is 0. The Morgan fingerprint density at radius 1 is 1.54 bits per heavy atom. The lowest BCUT2D eigenvalue weighted by atomic mass is 9.73. The molecule has 1 aliphatic rings. The van der Waals surface area contributed by atoms with E-state index < -0.39 is 0 Å². The molecule has 0 radical (unpaired) electrons. The summed E-state index contributed by atoms with van der Waals surface area (Å²) in [5.74, 6) is 3.49. The number of allylic oxidation sites excluding steroid dienone is 2. The normalized spacial score (nSPS) is 29.2. The summed E-state index contributed by atoms with van der Waals surface area (Å²) in [5.41, 5.74) is 1.67. The Labute approximate surface area is 88.2 Å². The minimum absolute atomic E-state index is 0.793. The second-order valence-electron chi connectivity index (χ2n) is 4.58. The van der Waals surface area contributed by atoms with Gasteiger partial charge in [0.1, 0.15) is 0 Å². The van der Waals surface area contributed by atoms with E-state index in [1.807, 2.05) is 0 Å². The summed E-state index contributed by atoms with van der Waals surface area (Å²) in [6.07, 6.45) is 6.31. The predicted octanol–water partition coefficient (Wildman–Crippen LogP) is 3.93. The van der Waals surface area contributed by atoms with Gasteiger partial charge in [0.05, 0.1) is 0 Å². The fourth-order valence-electron chi connectivity index (χ4n) is 2.70. The van der Waals surface area contributed by atoms with Crippen molar-refractivity contribution in [3.8, 4) is 0 Å². The highest BCUT2D eigenvalue weighted by Crippen LogP contribution is 2.37. The van der Waals surface area contributed by atoms with Crippen molar-refractivity contribution in [1.29, 1.82) is 0 Å². The van der Waals surface area contributed by atoms with Crippen LogP contribution in [0.25, 0.3) is 0 Å². The van der Waals surface area contributed by atoms with Crippen LogP contribution in [0.2, 0.25) is 0 Å². The average molecular weight is 198 g/mol. The summed E-state index contributed by atoms with van der Waals surface area (Å²) in [7, 11) is 0. The summed E-state index contributed by atoms with van der Waals surface area (Å²) < 4.78 is 0. The Morgan fingerprint density at radius 2 is 2.23 bits per heavy atom. The zero-order valence-corrected chi connectivity index (χ0v) is 9.98. The minimum atomic E-state index is 0.793. The second-order valence-corrected chi connectivity index (χ2v) is 5.02. The van der Waals surface area contributed by atoms with E-state index in [1.165, 1.54) is 19.3 Å². The van der Waals surface area contributed by atoms with Gasteiger partial charge in [-0.1, -0.05) is 32.4 Å². The van der Waals surface area contributed by atoms with E-state index in [2.05, 4.69) is 39.5 Å². The molecule has 0 fully saturated rings. The molecule has 0 saturated heterocycles. The van der Waals surface area contributed by atoms with Crippen LogP contribution in [0.5, 0.6) is 0 Å². The molecule has 0 saturated carbocycles. The Kier molecular flexibility index (Phi) is 4.37. The highest BCUT2D eigenvalue weighted by Gasteiger charge is 2.26. The van der Waals surface area contributed by atoms with Gasteiger partial charge in [0.2, 0.25) is 0 Å². The summed E-state index contributed by atoms with van der Waals surface area (Å²) in [6.45, 7) is 7.09. The molecule has 1 heteroatoms. The third-order valence-electron chi connectivity index (χ3n) is 3.19. The second kappa shape index (κ2) is 5.09. The van der Waals surface area contributed by atoms with Crippen LogP contribution < -0.4 is 0 Å². The van der Waals surface area contributed by atoms with Crippen LogP contribution in [0, 0.1) is 17.8 Å². The van der Waals surface area contributed by atoms with Crippen LogP contribution in [0.15, 0.2) is 11.6 Å². The maximum Gasteiger partial charge on any atom is -0.00605 e. The maximum atomic E-state index is 4.33. The first kappa shape index (κ1) is 11.2. The van der Waals surface area contributed by atoms with Crippen molar-refractivity contribution in [2.24, 2.45) is 17.8 Å². The van der Waals surface area contributed by atoms with Crippen molar-refractivity contribution in [3.63, 3.8) is 0 Å². The molecule has 0 heterocycles. The van der Waals surface area contributed by atoms with E-state index in [0.29, 0.717) is 0 Å². The largest absolute Gasteiger partial charge is 0.179 e. The SMILES string of the molecule is CC(C)[C@@H]1C(CCS)=CCCC1C. The van der Waals surface area contributed by atoms with Crippen LogP contribution in [0.4, 0.5) is 0 Å². The smallest absolute Gasteiger partial charge is 0.00605 e. The van der Waals surface area contributed by atoms with E-state index >= 15 is 0 Å². The van der Waals surface area contributed by atoms with E-state index in [4.69, 9.17) is 0 Å². The molecule has 2 atom stereocenters. The van der Waals surface area contributed by atoms with Crippen LogP contribution in [-0.2, 0) is 0 Å². The molecule has 0 aliphatic heterocycles. The molecule has 76 valence electrons. The lowest BCUT2D eigenvalue weighted by Crippen LogP contribution is -2.23. The maximum absolute atomic E-state index is 4.33.